The number of hydrogen-bond acceptors (Lipinski definition) is 8. The fourth-order valence-corrected chi connectivity index (χ4v) is 5.70. The number of ether oxygens (including phenoxy) is 1. The summed E-state index contributed by atoms with van der Waals surface area (Å²) >= 11 is 0. The van der Waals surface area contributed by atoms with Crippen molar-refractivity contribution in [1.29, 1.82) is 0 Å². The molecule has 0 spiro atoms. The Kier molecular flexibility index (Phi) is 6.79. The summed E-state index contributed by atoms with van der Waals surface area (Å²) in [5, 5.41) is 10.1. The summed E-state index contributed by atoms with van der Waals surface area (Å²) in [6.45, 7) is 0.744. The number of hydrogen-bond donors (Lipinski definition) is 2. The van der Waals surface area contributed by atoms with Gasteiger partial charge < -0.3 is 10.1 Å². The molecule has 2 N–H and O–H groups in total. The zero-order valence-electron chi connectivity index (χ0n) is 22.1. The van der Waals surface area contributed by atoms with Gasteiger partial charge in [-0.3, -0.25) is 39.1 Å². The monoisotopic (exact) mass is 542 g/mol. The number of amides is 4. The zero-order valence-corrected chi connectivity index (χ0v) is 22.1. The molecule has 2 aliphatic heterocycles. The summed E-state index contributed by atoms with van der Waals surface area (Å²) in [4.78, 5) is 55.0. The van der Waals surface area contributed by atoms with E-state index in [0.717, 1.165) is 59.8 Å². The van der Waals surface area contributed by atoms with Crippen molar-refractivity contribution < 1.29 is 23.9 Å². The van der Waals surface area contributed by atoms with Crippen molar-refractivity contribution in [3.63, 3.8) is 0 Å². The highest BCUT2D eigenvalue weighted by molar-refractivity contribution is 6.23. The van der Waals surface area contributed by atoms with Gasteiger partial charge in [-0.05, 0) is 68.4 Å². The maximum atomic E-state index is 13.0. The minimum Gasteiger partial charge on any atom is -0.495 e. The van der Waals surface area contributed by atoms with E-state index in [1.807, 2.05) is 23.0 Å². The van der Waals surface area contributed by atoms with E-state index < -0.39 is 23.8 Å². The molecule has 1 unspecified atom stereocenters. The molecule has 4 heterocycles. The van der Waals surface area contributed by atoms with E-state index in [2.05, 4.69) is 26.9 Å². The number of aromatic nitrogens is 3. The van der Waals surface area contributed by atoms with Crippen molar-refractivity contribution in [3.05, 3.63) is 60.0 Å². The standard InChI is InChI=1S/C29H30N6O5/c1-40-21-5-7-24(31-15-21)18-14-32-34(16-18)20-11-17(12-20)3-2-10-30-19-4-6-22-23(13-19)29(39)35(28(22)38)25-8-9-26(36)33-27(25)37/h4-7,13-17,20,25,30H,2-3,8-12H2,1H3,(H,33,36,37)/t17-,20-,25?. The van der Waals surface area contributed by atoms with Crippen LogP contribution in [0.5, 0.6) is 5.75 Å². The number of fused-ring (bicyclic) bond motifs is 1. The molecule has 3 aromatic rings. The lowest BCUT2D eigenvalue weighted by molar-refractivity contribution is -0.136. The van der Waals surface area contributed by atoms with E-state index in [1.165, 1.54) is 0 Å². The molecular weight excluding hydrogens is 512 g/mol. The first-order valence-electron chi connectivity index (χ1n) is 13.6. The summed E-state index contributed by atoms with van der Waals surface area (Å²) in [6.07, 6.45) is 10.1. The Hall–Kier alpha value is -4.54. The molecule has 1 saturated carbocycles. The summed E-state index contributed by atoms with van der Waals surface area (Å²) in [7, 11) is 1.62. The average molecular weight is 543 g/mol. The Labute approximate surface area is 230 Å². The number of anilines is 1. The van der Waals surface area contributed by atoms with Gasteiger partial charge >= 0.3 is 0 Å². The van der Waals surface area contributed by atoms with Crippen LogP contribution in [0.1, 0.15) is 65.3 Å². The lowest BCUT2D eigenvalue weighted by atomic mass is 9.77. The Morgan fingerprint density at radius 1 is 1.05 bits per heavy atom. The number of nitrogens with one attached hydrogen (secondary N) is 2. The van der Waals surface area contributed by atoms with Crippen LogP contribution in [0.25, 0.3) is 11.3 Å². The van der Waals surface area contributed by atoms with E-state index in [1.54, 1.807) is 31.5 Å². The number of methoxy groups -OCH3 is 1. The van der Waals surface area contributed by atoms with Crippen molar-refractivity contribution >= 4 is 29.3 Å². The lowest BCUT2D eigenvalue weighted by Gasteiger charge is -2.35. The second kappa shape index (κ2) is 10.6. The van der Waals surface area contributed by atoms with Gasteiger partial charge in [-0.15, -0.1) is 0 Å². The van der Waals surface area contributed by atoms with Crippen molar-refractivity contribution in [2.24, 2.45) is 5.92 Å². The molecule has 3 aliphatic rings. The van der Waals surface area contributed by atoms with Gasteiger partial charge in [0, 0.05) is 30.4 Å². The summed E-state index contributed by atoms with van der Waals surface area (Å²) in [5.74, 6) is -0.624. The van der Waals surface area contributed by atoms with Crippen LogP contribution in [-0.4, -0.2) is 63.0 Å². The zero-order chi connectivity index (χ0) is 27.8. The van der Waals surface area contributed by atoms with Gasteiger partial charge in [0.05, 0.1) is 42.4 Å². The number of piperidine rings is 1. The SMILES string of the molecule is COc1ccc(-c2cnn([C@H]3C[C@H](CCCNc4ccc5c(c4)C(=O)N(C4CCC(=O)NC4=O)C5=O)C3)c2)nc1. The van der Waals surface area contributed by atoms with Gasteiger partial charge in [0.2, 0.25) is 11.8 Å². The quantitative estimate of drug-likeness (QED) is 0.311. The summed E-state index contributed by atoms with van der Waals surface area (Å²) < 4.78 is 7.21. The molecule has 1 aromatic carbocycles. The number of pyridine rings is 1. The fraction of sp³-hybridized carbons (Fsp3) is 0.379. The molecular formula is C29H30N6O5. The number of imide groups is 2. The van der Waals surface area contributed by atoms with Gasteiger partial charge in [-0.2, -0.15) is 5.10 Å². The van der Waals surface area contributed by atoms with Crippen LogP contribution < -0.4 is 15.4 Å². The minimum atomic E-state index is -0.958. The number of carbonyl (C=O) groups excluding carboxylic acids is 4. The fourth-order valence-electron chi connectivity index (χ4n) is 5.70. The third-order valence-electron chi connectivity index (χ3n) is 8.01. The lowest BCUT2D eigenvalue weighted by Crippen LogP contribution is -2.54. The third kappa shape index (κ3) is 4.83. The van der Waals surface area contributed by atoms with Crippen molar-refractivity contribution in [1.82, 2.24) is 25.0 Å². The van der Waals surface area contributed by atoms with Gasteiger partial charge in [0.15, 0.2) is 0 Å². The maximum Gasteiger partial charge on any atom is 0.262 e. The molecule has 1 aliphatic carbocycles. The van der Waals surface area contributed by atoms with Crippen LogP contribution in [-0.2, 0) is 9.59 Å². The van der Waals surface area contributed by atoms with E-state index >= 15 is 0 Å². The second-order valence-corrected chi connectivity index (χ2v) is 10.6. The Morgan fingerprint density at radius 2 is 1.88 bits per heavy atom. The molecule has 0 bridgehead atoms. The topological polar surface area (TPSA) is 136 Å². The molecule has 11 heteroatoms. The Morgan fingerprint density at radius 3 is 2.62 bits per heavy atom. The maximum absolute atomic E-state index is 13.0. The molecule has 11 nitrogen and oxygen atoms in total. The van der Waals surface area contributed by atoms with Crippen molar-refractivity contribution in [2.75, 3.05) is 19.0 Å². The first kappa shape index (κ1) is 25.7. The molecule has 2 aromatic heterocycles. The number of carbonyl (C=O) groups is 4. The largest absolute Gasteiger partial charge is 0.495 e. The Bertz CT molecular complexity index is 1480. The molecule has 40 heavy (non-hydrogen) atoms. The van der Waals surface area contributed by atoms with Crippen molar-refractivity contribution in [2.45, 2.75) is 50.6 Å². The smallest absolute Gasteiger partial charge is 0.262 e. The predicted octanol–water partition coefficient (Wildman–Crippen LogP) is 3.20. The van der Waals surface area contributed by atoms with Crippen LogP contribution in [0, 0.1) is 5.92 Å². The summed E-state index contributed by atoms with van der Waals surface area (Å²) in [6, 6.07) is 8.35. The van der Waals surface area contributed by atoms with Crippen LogP contribution in [0.3, 0.4) is 0 Å². The van der Waals surface area contributed by atoms with Crippen LogP contribution in [0.4, 0.5) is 5.69 Å². The van der Waals surface area contributed by atoms with Crippen LogP contribution >= 0.6 is 0 Å². The van der Waals surface area contributed by atoms with Gasteiger partial charge in [-0.1, -0.05) is 0 Å². The molecule has 2 fully saturated rings. The van der Waals surface area contributed by atoms with Gasteiger partial charge in [0.1, 0.15) is 11.8 Å². The van der Waals surface area contributed by atoms with Crippen LogP contribution in [0.15, 0.2) is 48.9 Å². The van der Waals surface area contributed by atoms with E-state index in [-0.39, 0.29) is 29.9 Å². The predicted molar refractivity (Wildman–Crippen MR) is 145 cm³/mol. The number of rotatable bonds is 9. The molecule has 1 saturated heterocycles. The summed E-state index contributed by atoms with van der Waals surface area (Å²) in [5.41, 5.74) is 3.18. The molecule has 4 amide bonds. The molecule has 6 rings (SSSR count). The van der Waals surface area contributed by atoms with E-state index in [4.69, 9.17) is 4.74 Å². The van der Waals surface area contributed by atoms with Crippen LogP contribution in [0.2, 0.25) is 0 Å². The molecule has 206 valence electrons. The highest BCUT2D eigenvalue weighted by atomic mass is 16.5. The normalized spacial score (nSPS) is 22.1. The highest BCUT2D eigenvalue weighted by Crippen LogP contribution is 2.40. The number of benzene rings is 1. The first-order valence-corrected chi connectivity index (χ1v) is 13.6. The number of nitrogens with zero attached hydrogens (tertiary/aromatic N) is 4. The van der Waals surface area contributed by atoms with E-state index in [9.17, 15) is 19.2 Å². The highest BCUT2D eigenvalue weighted by Gasteiger charge is 2.44. The van der Waals surface area contributed by atoms with Gasteiger partial charge in [0.25, 0.3) is 11.8 Å². The molecule has 0 radical (unpaired) electrons. The van der Waals surface area contributed by atoms with E-state index in [0.29, 0.717) is 12.0 Å². The molecule has 1 atom stereocenters. The first-order chi connectivity index (χ1) is 19.4. The van der Waals surface area contributed by atoms with Gasteiger partial charge in [-0.25, -0.2) is 0 Å². The average Bonchev–Trinajstić information content (AvgIpc) is 3.51. The third-order valence-corrected chi connectivity index (χ3v) is 8.01. The second-order valence-electron chi connectivity index (χ2n) is 10.6. The Balaban J connectivity index is 0.966. The minimum absolute atomic E-state index is 0.0997. The van der Waals surface area contributed by atoms with Crippen molar-refractivity contribution in [3.8, 4) is 17.0 Å².